The normalized spacial score (nSPS) is 15.1. The van der Waals surface area contributed by atoms with Gasteiger partial charge < -0.3 is 15.4 Å². The van der Waals surface area contributed by atoms with Gasteiger partial charge in [-0.3, -0.25) is 0 Å². The molecule has 1 aliphatic rings. The van der Waals surface area contributed by atoms with Crippen LogP contribution < -0.4 is 15.4 Å². The first-order valence-corrected chi connectivity index (χ1v) is 5.23. The molecule has 0 aliphatic heterocycles. The van der Waals surface area contributed by atoms with Gasteiger partial charge in [0.2, 0.25) is 0 Å². The molecule has 1 aromatic heterocycles. The summed E-state index contributed by atoms with van der Waals surface area (Å²) in [5.74, 6) is 1.79. The smallest absolute Gasteiger partial charge is 0.131 e. The monoisotopic (exact) mass is 207 g/mol. The average molecular weight is 207 g/mol. The largest absolute Gasteiger partial charge is 0.490 e. The number of aromatic nitrogens is 1. The van der Waals surface area contributed by atoms with Crippen molar-refractivity contribution < 1.29 is 4.74 Å². The lowest BCUT2D eigenvalue weighted by Crippen LogP contribution is -2.12. The minimum Gasteiger partial charge on any atom is -0.490 e. The van der Waals surface area contributed by atoms with Crippen LogP contribution >= 0.6 is 0 Å². The highest BCUT2D eigenvalue weighted by Crippen LogP contribution is 2.30. The average Bonchev–Trinajstić information content (AvgIpc) is 3.01. The summed E-state index contributed by atoms with van der Waals surface area (Å²) >= 11 is 0. The van der Waals surface area contributed by atoms with Crippen molar-refractivity contribution in [3.8, 4) is 5.75 Å². The molecule has 0 aromatic carbocycles. The van der Waals surface area contributed by atoms with Gasteiger partial charge in [0.1, 0.15) is 11.6 Å². The van der Waals surface area contributed by atoms with Crippen molar-refractivity contribution in [1.82, 2.24) is 4.98 Å². The van der Waals surface area contributed by atoms with E-state index in [1.807, 2.05) is 25.1 Å². The van der Waals surface area contributed by atoms with Gasteiger partial charge in [0.25, 0.3) is 0 Å². The van der Waals surface area contributed by atoms with Crippen molar-refractivity contribution >= 4 is 5.82 Å². The molecule has 1 fully saturated rings. The highest BCUT2D eigenvalue weighted by atomic mass is 16.5. The summed E-state index contributed by atoms with van der Waals surface area (Å²) in [4.78, 5) is 6.26. The summed E-state index contributed by atoms with van der Waals surface area (Å²) in [6.07, 6.45) is 4.51. The molecular formula is C11H17N3O. The molecular weight excluding hydrogens is 190 g/mol. The Labute approximate surface area is 90.0 Å². The van der Waals surface area contributed by atoms with Gasteiger partial charge in [0.15, 0.2) is 0 Å². The molecule has 82 valence electrons. The molecule has 15 heavy (non-hydrogen) atoms. The van der Waals surface area contributed by atoms with Crippen molar-refractivity contribution in [3.63, 3.8) is 0 Å². The van der Waals surface area contributed by atoms with E-state index in [-0.39, 0.29) is 0 Å². The van der Waals surface area contributed by atoms with Crippen LogP contribution in [-0.4, -0.2) is 25.2 Å². The van der Waals surface area contributed by atoms with Gasteiger partial charge in [-0.1, -0.05) is 0 Å². The summed E-state index contributed by atoms with van der Waals surface area (Å²) < 4.78 is 5.79. The number of hydrogen-bond acceptors (Lipinski definition) is 4. The Morgan fingerprint density at radius 3 is 2.80 bits per heavy atom. The highest BCUT2D eigenvalue weighted by molar-refractivity contribution is 5.46. The van der Waals surface area contributed by atoms with Gasteiger partial charge in [-0.2, -0.15) is 0 Å². The molecule has 0 bridgehead atoms. The maximum Gasteiger partial charge on any atom is 0.131 e. The molecule has 1 heterocycles. The molecule has 4 heteroatoms. The number of nitrogens with zero attached hydrogens (tertiary/aromatic N) is 2. The molecule has 1 saturated carbocycles. The Balaban J connectivity index is 2.24. The quantitative estimate of drug-likeness (QED) is 0.804. The predicted octanol–water partition coefficient (Wildman–Crippen LogP) is 1.15. The molecule has 1 aliphatic carbocycles. The second-order valence-corrected chi connectivity index (χ2v) is 4.07. The van der Waals surface area contributed by atoms with E-state index in [2.05, 4.69) is 4.98 Å². The minimum atomic E-state index is 0.396. The summed E-state index contributed by atoms with van der Waals surface area (Å²) in [5, 5.41) is 0. The van der Waals surface area contributed by atoms with Crippen molar-refractivity contribution in [2.45, 2.75) is 25.5 Å². The summed E-state index contributed by atoms with van der Waals surface area (Å²) in [6, 6.07) is 1.96. The van der Waals surface area contributed by atoms with E-state index in [1.54, 1.807) is 6.20 Å². The molecule has 0 spiro atoms. The van der Waals surface area contributed by atoms with Crippen molar-refractivity contribution in [1.29, 1.82) is 0 Å². The van der Waals surface area contributed by atoms with Crippen molar-refractivity contribution in [2.24, 2.45) is 5.73 Å². The zero-order valence-corrected chi connectivity index (χ0v) is 9.23. The van der Waals surface area contributed by atoms with E-state index in [4.69, 9.17) is 10.5 Å². The van der Waals surface area contributed by atoms with E-state index in [1.165, 1.54) is 0 Å². The van der Waals surface area contributed by atoms with Gasteiger partial charge in [-0.05, 0) is 12.8 Å². The van der Waals surface area contributed by atoms with Crippen LogP contribution in [0, 0.1) is 0 Å². The molecule has 0 radical (unpaired) electrons. The van der Waals surface area contributed by atoms with Crippen LogP contribution in [0.25, 0.3) is 0 Å². The maximum atomic E-state index is 5.79. The first kappa shape index (κ1) is 10.2. The lowest BCUT2D eigenvalue weighted by molar-refractivity contribution is 0.300. The lowest BCUT2D eigenvalue weighted by Gasteiger charge is -2.15. The molecule has 4 nitrogen and oxygen atoms in total. The number of anilines is 1. The van der Waals surface area contributed by atoms with Gasteiger partial charge >= 0.3 is 0 Å². The Hall–Kier alpha value is -1.29. The third kappa shape index (κ3) is 2.39. The molecule has 0 amide bonds. The van der Waals surface area contributed by atoms with Gasteiger partial charge in [0, 0.05) is 38.5 Å². The van der Waals surface area contributed by atoms with Gasteiger partial charge in [0.05, 0.1) is 6.10 Å². The minimum absolute atomic E-state index is 0.396. The third-order valence-corrected chi connectivity index (χ3v) is 2.43. The zero-order valence-electron chi connectivity index (χ0n) is 9.23. The fourth-order valence-electron chi connectivity index (χ4n) is 1.33. The van der Waals surface area contributed by atoms with E-state index < -0.39 is 0 Å². The van der Waals surface area contributed by atoms with Crippen LogP contribution in [0.15, 0.2) is 12.3 Å². The van der Waals surface area contributed by atoms with Gasteiger partial charge in [-0.15, -0.1) is 0 Å². The molecule has 0 atom stereocenters. The van der Waals surface area contributed by atoms with Crippen LogP contribution in [0.2, 0.25) is 0 Å². The number of pyridine rings is 1. The molecule has 2 rings (SSSR count). The Bertz CT molecular complexity index is 348. The molecule has 1 aromatic rings. The zero-order chi connectivity index (χ0) is 10.8. The molecule has 0 saturated heterocycles. The lowest BCUT2D eigenvalue weighted by atomic mass is 10.2. The Morgan fingerprint density at radius 1 is 1.53 bits per heavy atom. The summed E-state index contributed by atoms with van der Waals surface area (Å²) in [6.45, 7) is 0.475. The van der Waals surface area contributed by atoms with Crippen LogP contribution in [-0.2, 0) is 6.54 Å². The Kier molecular flexibility index (Phi) is 2.77. The van der Waals surface area contributed by atoms with E-state index in [9.17, 15) is 0 Å². The summed E-state index contributed by atoms with van der Waals surface area (Å²) in [7, 11) is 3.93. The maximum absolute atomic E-state index is 5.79. The van der Waals surface area contributed by atoms with Gasteiger partial charge in [-0.25, -0.2) is 4.98 Å². The predicted molar refractivity (Wildman–Crippen MR) is 60.1 cm³/mol. The van der Waals surface area contributed by atoms with Crippen molar-refractivity contribution in [2.75, 3.05) is 19.0 Å². The van der Waals surface area contributed by atoms with Crippen molar-refractivity contribution in [3.05, 3.63) is 17.8 Å². The topological polar surface area (TPSA) is 51.4 Å². The van der Waals surface area contributed by atoms with Crippen LogP contribution in [0.3, 0.4) is 0 Å². The van der Waals surface area contributed by atoms with E-state index in [0.29, 0.717) is 12.6 Å². The summed E-state index contributed by atoms with van der Waals surface area (Å²) in [5.41, 5.74) is 6.62. The fourth-order valence-corrected chi connectivity index (χ4v) is 1.33. The van der Waals surface area contributed by atoms with Crippen LogP contribution in [0.4, 0.5) is 5.82 Å². The highest BCUT2D eigenvalue weighted by Gasteiger charge is 2.24. The van der Waals surface area contributed by atoms with Crippen LogP contribution in [0.1, 0.15) is 18.4 Å². The first-order valence-electron chi connectivity index (χ1n) is 5.23. The van der Waals surface area contributed by atoms with Crippen LogP contribution in [0.5, 0.6) is 5.75 Å². The standard InChI is InChI=1S/C11H17N3O/c1-14(2)11-5-10(15-9-3-4-9)8(6-12)7-13-11/h5,7,9H,3-4,6,12H2,1-2H3. The molecule has 0 unspecified atom stereocenters. The number of ether oxygens (including phenoxy) is 1. The fraction of sp³-hybridized carbons (Fsp3) is 0.545. The third-order valence-electron chi connectivity index (χ3n) is 2.43. The molecule has 2 N–H and O–H groups in total. The van der Waals surface area contributed by atoms with E-state index in [0.717, 1.165) is 30.0 Å². The van der Waals surface area contributed by atoms with E-state index >= 15 is 0 Å². The first-order chi connectivity index (χ1) is 7.20. The number of hydrogen-bond donors (Lipinski definition) is 1. The second kappa shape index (κ2) is 4.06. The SMILES string of the molecule is CN(C)c1cc(OC2CC2)c(CN)cn1. The number of rotatable bonds is 4. The second-order valence-electron chi connectivity index (χ2n) is 4.07. The Morgan fingerprint density at radius 2 is 2.27 bits per heavy atom. The number of nitrogens with two attached hydrogens (primary N) is 1.